The zero-order valence-electron chi connectivity index (χ0n) is 14.2. The van der Waals surface area contributed by atoms with Crippen LogP contribution < -0.4 is 10.1 Å². The Morgan fingerprint density at radius 3 is 2.74 bits per heavy atom. The van der Waals surface area contributed by atoms with Crippen LogP contribution in [0, 0.1) is 10.1 Å². The van der Waals surface area contributed by atoms with Crippen molar-refractivity contribution in [3.63, 3.8) is 0 Å². The minimum absolute atomic E-state index is 0.0785. The number of para-hydroxylation sites is 1. The number of ether oxygens (including phenoxy) is 1. The molecule has 2 amide bonds. The lowest BCUT2D eigenvalue weighted by Crippen LogP contribution is -2.33. The monoisotopic (exact) mass is 385 g/mol. The third-order valence-electron chi connectivity index (χ3n) is 3.80. The van der Waals surface area contributed by atoms with Crippen molar-refractivity contribution in [3.8, 4) is 5.75 Å². The molecule has 2 aromatic rings. The highest BCUT2D eigenvalue weighted by Gasteiger charge is 2.35. The Morgan fingerprint density at radius 1 is 1.22 bits per heavy atom. The van der Waals surface area contributed by atoms with Gasteiger partial charge in [0, 0.05) is 23.4 Å². The molecule has 8 nitrogen and oxygen atoms in total. The minimum atomic E-state index is -0.513. The minimum Gasteiger partial charge on any atom is -0.496 e. The molecule has 1 aliphatic rings. The number of hydrogen-bond acceptors (Lipinski definition) is 7. The number of nitrogens with one attached hydrogen (secondary N) is 1. The number of amides is 2. The second-order valence-corrected chi connectivity index (χ2v) is 6.49. The number of hydrogen-bond donors (Lipinski definition) is 1. The number of carbonyl (C=O) groups is 2. The molecular weight excluding hydrogens is 370 g/mol. The molecule has 3 rings (SSSR count). The van der Waals surface area contributed by atoms with E-state index in [4.69, 9.17) is 4.74 Å². The van der Waals surface area contributed by atoms with Crippen molar-refractivity contribution in [3.05, 3.63) is 69.1 Å². The first-order valence-corrected chi connectivity index (χ1v) is 8.68. The van der Waals surface area contributed by atoms with Crippen LogP contribution in [0.5, 0.6) is 5.75 Å². The van der Waals surface area contributed by atoms with Crippen molar-refractivity contribution in [1.82, 2.24) is 4.90 Å². The summed E-state index contributed by atoms with van der Waals surface area (Å²) in [6.45, 7) is -0.0882. The summed E-state index contributed by atoms with van der Waals surface area (Å²) in [5, 5.41) is 13.3. The van der Waals surface area contributed by atoms with E-state index in [0.717, 1.165) is 16.7 Å². The number of nitro groups is 1. The third kappa shape index (κ3) is 4.09. The van der Waals surface area contributed by atoms with Crippen LogP contribution in [0.4, 0.5) is 16.2 Å². The fourth-order valence-corrected chi connectivity index (χ4v) is 3.29. The first-order chi connectivity index (χ1) is 13.0. The normalized spacial score (nSPS) is 15.3. The van der Waals surface area contributed by atoms with Crippen LogP contribution in [-0.4, -0.2) is 34.7 Å². The molecule has 1 aliphatic heterocycles. The molecule has 2 aromatic carbocycles. The van der Waals surface area contributed by atoms with Gasteiger partial charge >= 0.3 is 0 Å². The molecule has 1 fully saturated rings. The Labute approximate surface area is 159 Å². The number of imide groups is 1. The number of rotatable bonds is 6. The molecule has 0 spiro atoms. The summed E-state index contributed by atoms with van der Waals surface area (Å²) in [6, 6.07) is 13.0. The standard InChI is InChI=1S/C18H15N3O5S/c1-26-15-8-3-2-5-12(15)9-16-17(22)20(18(23)27-16)11-19-13-6-4-7-14(10-13)21(24)25/h2-10,19H,11H2,1H3/b16-9+. The first-order valence-electron chi connectivity index (χ1n) is 7.86. The van der Waals surface area contributed by atoms with Gasteiger partial charge in [-0.1, -0.05) is 24.3 Å². The van der Waals surface area contributed by atoms with E-state index in [1.807, 2.05) is 12.1 Å². The van der Waals surface area contributed by atoms with Gasteiger partial charge in [0.2, 0.25) is 0 Å². The second-order valence-electron chi connectivity index (χ2n) is 5.49. The molecule has 0 saturated carbocycles. The smallest absolute Gasteiger partial charge is 0.295 e. The van der Waals surface area contributed by atoms with Gasteiger partial charge in [-0.2, -0.15) is 0 Å². The summed E-state index contributed by atoms with van der Waals surface area (Å²) < 4.78 is 5.25. The molecular formula is C18H15N3O5S. The van der Waals surface area contributed by atoms with Crippen LogP contribution in [0.25, 0.3) is 6.08 Å². The van der Waals surface area contributed by atoms with Crippen LogP contribution in [0.3, 0.4) is 0 Å². The van der Waals surface area contributed by atoms with E-state index in [0.29, 0.717) is 17.0 Å². The molecule has 27 heavy (non-hydrogen) atoms. The van der Waals surface area contributed by atoms with Gasteiger partial charge in [-0.25, -0.2) is 0 Å². The zero-order valence-corrected chi connectivity index (χ0v) is 15.1. The largest absolute Gasteiger partial charge is 0.496 e. The Kier molecular flexibility index (Phi) is 5.41. The number of thioether (sulfide) groups is 1. The summed E-state index contributed by atoms with van der Waals surface area (Å²) >= 11 is 0.834. The molecule has 0 aliphatic carbocycles. The molecule has 0 aromatic heterocycles. The van der Waals surface area contributed by atoms with Crippen LogP contribution in [0.2, 0.25) is 0 Å². The predicted octanol–water partition coefficient (Wildman–Crippen LogP) is 3.71. The highest BCUT2D eigenvalue weighted by molar-refractivity contribution is 8.18. The highest BCUT2D eigenvalue weighted by Crippen LogP contribution is 2.33. The van der Waals surface area contributed by atoms with Crippen molar-refractivity contribution in [2.45, 2.75) is 0 Å². The SMILES string of the molecule is COc1ccccc1/C=C1/SC(=O)N(CNc2cccc([N+](=O)[O-])c2)C1=O. The Morgan fingerprint density at radius 2 is 2.00 bits per heavy atom. The van der Waals surface area contributed by atoms with Crippen molar-refractivity contribution < 1.29 is 19.2 Å². The average molecular weight is 385 g/mol. The number of nitro benzene ring substituents is 1. The van der Waals surface area contributed by atoms with E-state index < -0.39 is 16.1 Å². The zero-order chi connectivity index (χ0) is 19.4. The molecule has 0 unspecified atom stereocenters. The average Bonchev–Trinajstić information content (AvgIpc) is 2.93. The predicted molar refractivity (Wildman–Crippen MR) is 102 cm³/mol. The summed E-state index contributed by atoms with van der Waals surface area (Å²) in [5.41, 5.74) is 1.05. The van der Waals surface area contributed by atoms with E-state index in [2.05, 4.69) is 5.32 Å². The van der Waals surface area contributed by atoms with Gasteiger partial charge in [-0.15, -0.1) is 0 Å². The quantitative estimate of drug-likeness (QED) is 0.459. The molecule has 0 bridgehead atoms. The lowest BCUT2D eigenvalue weighted by atomic mass is 10.2. The first kappa shape index (κ1) is 18.5. The maximum atomic E-state index is 12.5. The lowest BCUT2D eigenvalue weighted by molar-refractivity contribution is -0.384. The van der Waals surface area contributed by atoms with E-state index in [-0.39, 0.29) is 17.3 Å². The van der Waals surface area contributed by atoms with Gasteiger partial charge in [0.15, 0.2) is 0 Å². The van der Waals surface area contributed by atoms with Crippen LogP contribution in [0.15, 0.2) is 53.4 Å². The number of methoxy groups -OCH3 is 1. The summed E-state index contributed by atoms with van der Waals surface area (Å²) in [6.07, 6.45) is 1.61. The van der Waals surface area contributed by atoms with Crippen LogP contribution >= 0.6 is 11.8 Å². The number of nitrogens with zero attached hydrogens (tertiary/aromatic N) is 2. The maximum absolute atomic E-state index is 12.5. The molecule has 138 valence electrons. The molecule has 1 saturated heterocycles. The fourth-order valence-electron chi connectivity index (χ4n) is 2.46. The molecule has 1 N–H and O–H groups in total. The molecule has 9 heteroatoms. The number of benzene rings is 2. The van der Waals surface area contributed by atoms with Crippen LogP contribution in [0.1, 0.15) is 5.56 Å². The Bertz CT molecular complexity index is 944. The Balaban J connectivity index is 1.74. The fraction of sp³-hybridized carbons (Fsp3) is 0.111. The molecule has 0 atom stereocenters. The van der Waals surface area contributed by atoms with E-state index in [9.17, 15) is 19.7 Å². The summed E-state index contributed by atoms with van der Waals surface area (Å²) in [7, 11) is 1.53. The topological polar surface area (TPSA) is 102 Å². The number of carbonyl (C=O) groups excluding carboxylic acids is 2. The third-order valence-corrected chi connectivity index (χ3v) is 4.70. The summed E-state index contributed by atoms with van der Waals surface area (Å²) in [5.74, 6) is 0.160. The number of anilines is 1. The van der Waals surface area contributed by atoms with Gasteiger partial charge in [0.25, 0.3) is 16.8 Å². The van der Waals surface area contributed by atoms with Gasteiger partial charge in [0.1, 0.15) is 5.75 Å². The second kappa shape index (κ2) is 7.92. The van der Waals surface area contributed by atoms with E-state index >= 15 is 0 Å². The maximum Gasteiger partial charge on any atom is 0.295 e. The molecule has 0 radical (unpaired) electrons. The van der Waals surface area contributed by atoms with Crippen molar-refractivity contribution in [2.24, 2.45) is 0 Å². The van der Waals surface area contributed by atoms with Gasteiger partial charge in [-0.3, -0.25) is 24.6 Å². The lowest BCUT2D eigenvalue weighted by Gasteiger charge is -2.14. The van der Waals surface area contributed by atoms with Crippen molar-refractivity contribution in [1.29, 1.82) is 0 Å². The molecule has 1 heterocycles. The summed E-state index contributed by atoms with van der Waals surface area (Å²) in [4.78, 5) is 36.4. The highest BCUT2D eigenvalue weighted by atomic mass is 32.2. The van der Waals surface area contributed by atoms with Crippen molar-refractivity contribution >= 4 is 40.4 Å². The Hall–Kier alpha value is -3.33. The van der Waals surface area contributed by atoms with Crippen LogP contribution in [-0.2, 0) is 4.79 Å². The van der Waals surface area contributed by atoms with E-state index in [1.54, 1.807) is 24.3 Å². The number of non-ortho nitro benzene ring substituents is 1. The van der Waals surface area contributed by atoms with Gasteiger partial charge < -0.3 is 10.1 Å². The van der Waals surface area contributed by atoms with Gasteiger partial charge in [0.05, 0.1) is 23.6 Å². The van der Waals surface area contributed by atoms with Gasteiger partial charge in [-0.05, 0) is 30.0 Å². The van der Waals surface area contributed by atoms with Crippen molar-refractivity contribution in [2.75, 3.05) is 19.1 Å². The van der Waals surface area contributed by atoms with E-state index in [1.165, 1.54) is 25.3 Å².